The van der Waals surface area contributed by atoms with Crippen molar-refractivity contribution in [3.63, 3.8) is 0 Å². The highest BCUT2D eigenvalue weighted by atomic mass is 32.1. The number of thiophene rings is 1. The van der Waals surface area contributed by atoms with Gasteiger partial charge in [0.1, 0.15) is 10.7 Å². The van der Waals surface area contributed by atoms with E-state index >= 15 is 0 Å². The highest BCUT2D eigenvalue weighted by molar-refractivity contribution is 7.71. The molecule has 0 spiro atoms. The van der Waals surface area contributed by atoms with Crippen molar-refractivity contribution in [2.45, 2.75) is 13.5 Å². The van der Waals surface area contributed by atoms with Crippen molar-refractivity contribution < 1.29 is 0 Å². The minimum Gasteiger partial charge on any atom is -0.323 e. The van der Waals surface area contributed by atoms with Gasteiger partial charge in [0.2, 0.25) is 0 Å². The van der Waals surface area contributed by atoms with E-state index < -0.39 is 0 Å². The van der Waals surface area contributed by atoms with E-state index in [1.807, 2.05) is 12.3 Å². The molecule has 3 aromatic heterocycles. The van der Waals surface area contributed by atoms with Crippen LogP contribution in [0.3, 0.4) is 0 Å². The largest absolute Gasteiger partial charge is 0.323 e. The number of fused-ring (bicyclic) bond motifs is 1. The number of H-pyrrole nitrogens is 1. The van der Waals surface area contributed by atoms with Crippen molar-refractivity contribution in [1.29, 1.82) is 0 Å². The van der Waals surface area contributed by atoms with Crippen LogP contribution >= 0.6 is 23.6 Å². The standard InChI is InChI=1S/C12H10N4OS2/c1-7-13-4-2-8(14-7)6-16-11(17)9-3-5-19-10(9)15-12(16)18/h2-5H,6H2,1H3,(H,15,18). The van der Waals surface area contributed by atoms with E-state index in [9.17, 15) is 4.79 Å². The molecule has 19 heavy (non-hydrogen) atoms. The first-order valence-electron chi connectivity index (χ1n) is 5.64. The molecule has 0 unspecified atom stereocenters. The Balaban J connectivity index is 2.15. The molecule has 0 aromatic carbocycles. The third-order valence-electron chi connectivity index (χ3n) is 2.76. The van der Waals surface area contributed by atoms with Gasteiger partial charge in [-0.25, -0.2) is 9.97 Å². The molecular weight excluding hydrogens is 280 g/mol. The zero-order valence-corrected chi connectivity index (χ0v) is 11.7. The molecular formula is C12H10N4OS2. The fourth-order valence-electron chi connectivity index (χ4n) is 1.88. The first-order valence-corrected chi connectivity index (χ1v) is 6.93. The summed E-state index contributed by atoms with van der Waals surface area (Å²) in [6, 6.07) is 3.58. The summed E-state index contributed by atoms with van der Waals surface area (Å²) in [4.78, 5) is 24.5. The molecule has 0 aliphatic carbocycles. The topological polar surface area (TPSA) is 63.6 Å². The SMILES string of the molecule is Cc1nccc(Cn2c(=S)[nH]c3sccc3c2=O)n1. The van der Waals surface area contributed by atoms with Crippen molar-refractivity contribution in [3.05, 3.63) is 50.4 Å². The number of hydrogen-bond acceptors (Lipinski definition) is 5. The molecule has 0 aliphatic rings. The second-order valence-electron chi connectivity index (χ2n) is 4.08. The Morgan fingerprint density at radius 3 is 3.11 bits per heavy atom. The zero-order valence-electron chi connectivity index (χ0n) is 10.1. The second-order valence-corrected chi connectivity index (χ2v) is 5.38. The Bertz CT molecular complexity index is 862. The number of nitrogens with one attached hydrogen (secondary N) is 1. The Morgan fingerprint density at radius 1 is 1.47 bits per heavy atom. The third-order valence-corrected chi connectivity index (χ3v) is 3.91. The number of nitrogens with zero attached hydrogens (tertiary/aromatic N) is 3. The zero-order chi connectivity index (χ0) is 13.4. The first kappa shape index (κ1) is 12.2. The van der Waals surface area contributed by atoms with E-state index in [-0.39, 0.29) is 5.56 Å². The lowest BCUT2D eigenvalue weighted by atomic mass is 10.3. The van der Waals surface area contributed by atoms with Gasteiger partial charge in [0.25, 0.3) is 5.56 Å². The molecule has 0 fully saturated rings. The summed E-state index contributed by atoms with van der Waals surface area (Å²) in [7, 11) is 0. The molecule has 3 rings (SSSR count). The summed E-state index contributed by atoms with van der Waals surface area (Å²) in [5, 5.41) is 2.53. The van der Waals surface area contributed by atoms with Crippen molar-refractivity contribution in [3.8, 4) is 0 Å². The summed E-state index contributed by atoms with van der Waals surface area (Å²) in [6.45, 7) is 2.17. The summed E-state index contributed by atoms with van der Waals surface area (Å²) >= 11 is 6.71. The first-order chi connectivity index (χ1) is 9.15. The van der Waals surface area contributed by atoms with Crippen LogP contribution in [0.25, 0.3) is 10.2 Å². The van der Waals surface area contributed by atoms with Crippen LogP contribution in [0, 0.1) is 11.7 Å². The maximum atomic E-state index is 12.3. The molecule has 1 N–H and O–H groups in total. The molecule has 5 nitrogen and oxygen atoms in total. The lowest BCUT2D eigenvalue weighted by Gasteiger charge is -2.06. The Hall–Kier alpha value is -1.86. The van der Waals surface area contributed by atoms with E-state index in [1.54, 1.807) is 18.3 Å². The van der Waals surface area contributed by atoms with E-state index in [0.717, 1.165) is 10.5 Å². The average molecular weight is 290 g/mol. The molecule has 0 atom stereocenters. The molecule has 3 aromatic rings. The van der Waals surface area contributed by atoms with Gasteiger partial charge in [-0.1, -0.05) is 0 Å². The van der Waals surface area contributed by atoms with Crippen molar-refractivity contribution >= 4 is 33.8 Å². The fourth-order valence-corrected chi connectivity index (χ4v) is 2.97. The van der Waals surface area contributed by atoms with Gasteiger partial charge >= 0.3 is 0 Å². The Labute approximate surface area is 117 Å². The Kier molecular flexibility index (Phi) is 3.00. The van der Waals surface area contributed by atoms with Crippen molar-refractivity contribution in [1.82, 2.24) is 19.5 Å². The summed E-state index contributed by atoms with van der Waals surface area (Å²) < 4.78 is 1.93. The van der Waals surface area contributed by atoms with E-state index in [0.29, 0.717) is 22.5 Å². The molecule has 0 aliphatic heterocycles. The predicted octanol–water partition coefficient (Wildman–Crippen LogP) is 2.27. The molecule has 7 heteroatoms. The molecule has 3 heterocycles. The fraction of sp³-hybridized carbons (Fsp3) is 0.167. The van der Waals surface area contributed by atoms with Crippen LogP contribution in [0.1, 0.15) is 11.5 Å². The predicted molar refractivity (Wildman–Crippen MR) is 77.1 cm³/mol. The summed E-state index contributed by atoms with van der Waals surface area (Å²) in [5.74, 6) is 0.678. The molecule has 0 radical (unpaired) electrons. The van der Waals surface area contributed by atoms with E-state index in [1.165, 1.54) is 15.9 Å². The second kappa shape index (κ2) is 4.67. The minimum absolute atomic E-state index is 0.0868. The molecule has 0 amide bonds. The normalized spacial score (nSPS) is 11.0. The van der Waals surface area contributed by atoms with Crippen LogP contribution in [0.5, 0.6) is 0 Å². The molecule has 96 valence electrons. The average Bonchev–Trinajstić information content (AvgIpc) is 2.83. The lowest BCUT2D eigenvalue weighted by Crippen LogP contribution is -2.22. The van der Waals surface area contributed by atoms with Crippen molar-refractivity contribution in [2.75, 3.05) is 0 Å². The van der Waals surface area contributed by atoms with Crippen LogP contribution < -0.4 is 5.56 Å². The van der Waals surface area contributed by atoms with Crippen molar-refractivity contribution in [2.24, 2.45) is 0 Å². The number of aromatic amines is 1. The highest BCUT2D eigenvalue weighted by Crippen LogP contribution is 2.14. The van der Waals surface area contributed by atoms with Gasteiger partial charge in [-0.2, -0.15) is 0 Å². The van der Waals surface area contributed by atoms with Gasteiger partial charge in [-0.15, -0.1) is 11.3 Å². The quantitative estimate of drug-likeness (QED) is 0.735. The number of rotatable bonds is 2. The third kappa shape index (κ3) is 2.22. The van der Waals surface area contributed by atoms with Crippen LogP contribution in [-0.2, 0) is 6.54 Å². The van der Waals surface area contributed by atoms with Crippen LogP contribution in [0.2, 0.25) is 0 Å². The van der Waals surface area contributed by atoms with Crippen LogP contribution in [-0.4, -0.2) is 19.5 Å². The molecule has 0 saturated heterocycles. The van der Waals surface area contributed by atoms with Gasteiger partial charge < -0.3 is 4.98 Å². The minimum atomic E-state index is -0.0868. The highest BCUT2D eigenvalue weighted by Gasteiger charge is 2.07. The smallest absolute Gasteiger partial charge is 0.263 e. The van der Waals surface area contributed by atoms with Gasteiger partial charge in [-0.05, 0) is 36.7 Å². The number of aryl methyl sites for hydroxylation is 1. The van der Waals surface area contributed by atoms with E-state index in [4.69, 9.17) is 12.2 Å². The molecule has 0 saturated carbocycles. The number of aromatic nitrogens is 4. The maximum Gasteiger partial charge on any atom is 0.263 e. The molecule has 0 bridgehead atoms. The van der Waals surface area contributed by atoms with Gasteiger partial charge in [0.15, 0.2) is 4.77 Å². The van der Waals surface area contributed by atoms with Crippen LogP contribution in [0.15, 0.2) is 28.5 Å². The monoisotopic (exact) mass is 290 g/mol. The summed E-state index contributed by atoms with van der Waals surface area (Å²) in [5.41, 5.74) is 0.681. The van der Waals surface area contributed by atoms with E-state index in [2.05, 4.69) is 15.0 Å². The van der Waals surface area contributed by atoms with Gasteiger partial charge in [0.05, 0.1) is 17.6 Å². The number of hydrogen-bond donors (Lipinski definition) is 1. The van der Waals surface area contributed by atoms with Crippen LogP contribution in [0.4, 0.5) is 0 Å². The maximum absolute atomic E-state index is 12.3. The van der Waals surface area contributed by atoms with Gasteiger partial charge in [-0.3, -0.25) is 9.36 Å². The summed E-state index contributed by atoms with van der Waals surface area (Å²) in [6.07, 6.45) is 1.68. The lowest BCUT2D eigenvalue weighted by molar-refractivity contribution is 0.711. The van der Waals surface area contributed by atoms with Gasteiger partial charge in [0, 0.05) is 6.20 Å². The Morgan fingerprint density at radius 2 is 2.32 bits per heavy atom.